The highest BCUT2D eigenvalue weighted by atomic mass is 16.3. The Morgan fingerprint density at radius 3 is 2.42 bits per heavy atom. The molecule has 0 atom stereocenters. The van der Waals surface area contributed by atoms with Gasteiger partial charge in [0.2, 0.25) is 0 Å². The standard InChI is InChI=1S/C12H19N3O4/c1-3-12(4-2,7-16)6-13-10(18)8-5-9(17)15-11(19)14-8/h5,16H,3-4,6-7H2,1-2H3,(H,13,18)(H2,14,15,17,19). The van der Waals surface area contributed by atoms with E-state index in [0.29, 0.717) is 12.8 Å². The van der Waals surface area contributed by atoms with Gasteiger partial charge in [0.25, 0.3) is 11.5 Å². The highest BCUT2D eigenvalue weighted by Crippen LogP contribution is 2.24. The van der Waals surface area contributed by atoms with E-state index in [1.165, 1.54) is 0 Å². The molecule has 1 aromatic heterocycles. The van der Waals surface area contributed by atoms with Crippen LogP contribution in [-0.4, -0.2) is 34.1 Å². The number of aromatic amines is 2. The van der Waals surface area contributed by atoms with Crippen LogP contribution in [0.5, 0.6) is 0 Å². The maximum absolute atomic E-state index is 11.8. The first-order chi connectivity index (χ1) is 8.96. The third-order valence-electron chi connectivity index (χ3n) is 3.46. The van der Waals surface area contributed by atoms with Crippen molar-refractivity contribution in [3.63, 3.8) is 0 Å². The van der Waals surface area contributed by atoms with E-state index in [9.17, 15) is 19.5 Å². The summed E-state index contributed by atoms with van der Waals surface area (Å²) in [6.07, 6.45) is 1.43. The summed E-state index contributed by atoms with van der Waals surface area (Å²) in [6, 6.07) is 1.02. The second-order valence-corrected chi connectivity index (χ2v) is 4.55. The molecule has 7 nitrogen and oxygen atoms in total. The molecule has 1 heterocycles. The minimum absolute atomic E-state index is 0.0355. The van der Waals surface area contributed by atoms with Gasteiger partial charge in [-0.1, -0.05) is 13.8 Å². The van der Waals surface area contributed by atoms with Crippen molar-refractivity contribution >= 4 is 5.91 Å². The maximum atomic E-state index is 11.8. The first kappa shape index (κ1) is 15.2. The molecular formula is C12H19N3O4. The molecule has 19 heavy (non-hydrogen) atoms. The van der Waals surface area contributed by atoms with E-state index >= 15 is 0 Å². The number of H-pyrrole nitrogens is 2. The number of aromatic nitrogens is 2. The van der Waals surface area contributed by atoms with Crippen molar-refractivity contribution < 1.29 is 9.90 Å². The van der Waals surface area contributed by atoms with Gasteiger partial charge in [0.1, 0.15) is 5.69 Å². The Kier molecular flexibility index (Phi) is 5.05. The molecule has 0 aliphatic carbocycles. The smallest absolute Gasteiger partial charge is 0.326 e. The van der Waals surface area contributed by atoms with Crippen molar-refractivity contribution in [3.8, 4) is 0 Å². The average Bonchev–Trinajstić information content (AvgIpc) is 2.39. The Morgan fingerprint density at radius 2 is 1.95 bits per heavy atom. The molecule has 0 fully saturated rings. The van der Waals surface area contributed by atoms with Crippen molar-refractivity contribution in [1.82, 2.24) is 15.3 Å². The van der Waals surface area contributed by atoms with Crippen molar-refractivity contribution in [2.45, 2.75) is 26.7 Å². The maximum Gasteiger partial charge on any atom is 0.326 e. The van der Waals surface area contributed by atoms with Crippen LogP contribution in [0, 0.1) is 5.41 Å². The van der Waals surface area contributed by atoms with Gasteiger partial charge in [-0.05, 0) is 12.8 Å². The molecule has 1 amide bonds. The van der Waals surface area contributed by atoms with E-state index in [4.69, 9.17) is 0 Å². The highest BCUT2D eigenvalue weighted by Gasteiger charge is 2.26. The molecule has 0 saturated heterocycles. The predicted molar refractivity (Wildman–Crippen MR) is 70.1 cm³/mol. The summed E-state index contributed by atoms with van der Waals surface area (Å²) in [5.74, 6) is -0.539. The van der Waals surface area contributed by atoms with E-state index in [1.54, 1.807) is 0 Å². The average molecular weight is 269 g/mol. The molecule has 0 unspecified atom stereocenters. The Labute approximate surface area is 110 Å². The van der Waals surface area contributed by atoms with Crippen LogP contribution in [0.25, 0.3) is 0 Å². The van der Waals surface area contributed by atoms with E-state index in [1.807, 2.05) is 18.8 Å². The highest BCUT2D eigenvalue weighted by molar-refractivity contribution is 5.92. The summed E-state index contributed by atoms with van der Waals surface area (Å²) >= 11 is 0. The summed E-state index contributed by atoms with van der Waals surface area (Å²) in [7, 11) is 0. The number of aliphatic hydroxyl groups excluding tert-OH is 1. The number of hydrogen-bond acceptors (Lipinski definition) is 4. The van der Waals surface area contributed by atoms with Crippen molar-refractivity contribution in [3.05, 3.63) is 32.6 Å². The normalized spacial score (nSPS) is 11.3. The van der Waals surface area contributed by atoms with E-state index in [0.717, 1.165) is 6.07 Å². The monoisotopic (exact) mass is 269 g/mol. The van der Waals surface area contributed by atoms with Crippen LogP contribution in [0.1, 0.15) is 37.2 Å². The van der Waals surface area contributed by atoms with E-state index in [2.05, 4.69) is 10.3 Å². The molecule has 0 saturated carbocycles. The lowest BCUT2D eigenvalue weighted by Gasteiger charge is -2.29. The number of nitrogens with one attached hydrogen (secondary N) is 3. The van der Waals surface area contributed by atoms with Gasteiger partial charge in [0, 0.05) is 18.0 Å². The van der Waals surface area contributed by atoms with Gasteiger partial charge in [0.05, 0.1) is 6.61 Å². The number of hydrogen-bond donors (Lipinski definition) is 4. The van der Waals surface area contributed by atoms with Crippen LogP contribution in [0.2, 0.25) is 0 Å². The SMILES string of the molecule is CCC(CC)(CO)CNC(=O)c1cc(=O)[nH]c(=O)[nH]1. The van der Waals surface area contributed by atoms with Gasteiger partial charge in [0.15, 0.2) is 0 Å². The Balaban J connectivity index is 2.80. The number of amides is 1. The van der Waals surface area contributed by atoms with Crippen molar-refractivity contribution in [2.24, 2.45) is 5.41 Å². The molecule has 4 N–H and O–H groups in total. The van der Waals surface area contributed by atoms with Crippen molar-refractivity contribution in [2.75, 3.05) is 13.2 Å². The van der Waals surface area contributed by atoms with Gasteiger partial charge >= 0.3 is 5.69 Å². The summed E-state index contributed by atoms with van der Waals surface area (Å²) in [4.78, 5) is 38.2. The van der Waals surface area contributed by atoms with Gasteiger partial charge in [-0.3, -0.25) is 14.6 Å². The van der Waals surface area contributed by atoms with Crippen LogP contribution < -0.4 is 16.6 Å². The first-order valence-electron chi connectivity index (χ1n) is 6.19. The minimum Gasteiger partial charge on any atom is -0.396 e. The fourth-order valence-electron chi connectivity index (χ4n) is 1.73. The van der Waals surface area contributed by atoms with Crippen LogP contribution in [0.15, 0.2) is 15.7 Å². The number of aliphatic hydroxyl groups is 1. The van der Waals surface area contributed by atoms with Crippen LogP contribution in [-0.2, 0) is 0 Å². The fraction of sp³-hybridized carbons (Fsp3) is 0.583. The zero-order chi connectivity index (χ0) is 14.5. The largest absolute Gasteiger partial charge is 0.396 e. The molecular weight excluding hydrogens is 250 g/mol. The van der Waals surface area contributed by atoms with E-state index < -0.39 is 17.2 Å². The lowest BCUT2D eigenvalue weighted by molar-refractivity contribution is 0.0846. The van der Waals surface area contributed by atoms with Crippen LogP contribution in [0.4, 0.5) is 0 Å². The van der Waals surface area contributed by atoms with Gasteiger partial charge in [-0.2, -0.15) is 0 Å². The molecule has 106 valence electrons. The molecule has 1 aromatic rings. The molecule has 7 heteroatoms. The number of carbonyl (C=O) groups excluding carboxylic acids is 1. The zero-order valence-corrected chi connectivity index (χ0v) is 11.1. The Hall–Kier alpha value is -1.89. The summed E-state index contributed by atoms with van der Waals surface area (Å²) in [6.45, 7) is 4.11. The predicted octanol–water partition coefficient (Wildman–Crippen LogP) is -0.408. The Bertz CT molecular complexity index is 506. The molecule has 0 aliphatic heterocycles. The molecule has 0 radical (unpaired) electrons. The van der Waals surface area contributed by atoms with E-state index in [-0.39, 0.29) is 24.3 Å². The van der Waals surface area contributed by atoms with Gasteiger partial charge < -0.3 is 15.4 Å². The number of carbonyl (C=O) groups is 1. The third kappa shape index (κ3) is 3.78. The molecule has 0 spiro atoms. The topological polar surface area (TPSA) is 115 Å². The molecule has 0 bridgehead atoms. The van der Waals surface area contributed by atoms with Gasteiger partial charge in [-0.25, -0.2) is 4.79 Å². The fourth-order valence-corrected chi connectivity index (χ4v) is 1.73. The lowest BCUT2D eigenvalue weighted by atomic mass is 9.83. The molecule has 0 aromatic carbocycles. The molecule has 1 rings (SSSR count). The lowest BCUT2D eigenvalue weighted by Crippen LogP contribution is -2.40. The summed E-state index contributed by atoms with van der Waals surface area (Å²) in [5, 5.41) is 12.0. The summed E-state index contributed by atoms with van der Waals surface area (Å²) < 4.78 is 0. The van der Waals surface area contributed by atoms with Crippen LogP contribution >= 0.6 is 0 Å². The van der Waals surface area contributed by atoms with Gasteiger partial charge in [-0.15, -0.1) is 0 Å². The first-order valence-corrected chi connectivity index (χ1v) is 6.19. The third-order valence-corrected chi connectivity index (χ3v) is 3.46. The second-order valence-electron chi connectivity index (χ2n) is 4.55. The quantitative estimate of drug-likeness (QED) is 0.562. The minimum atomic E-state index is -0.725. The molecule has 0 aliphatic rings. The second kappa shape index (κ2) is 6.33. The summed E-state index contributed by atoms with van der Waals surface area (Å²) in [5.41, 5.74) is -1.82. The Morgan fingerprint density at radius 1 is 1.32 bits per heavy atom. The van der Waals surface area contributed by atoms with Crippen molar-refractivity contribution in [1.29, 1.82) is 0 Å². The van der Waals surface area contributed by atoms with Crippen LogP contribution in [0.3, 0.4) is 0 Å². The number of rotatable bonds is 6. The zero-order valence-electron chi connectivity index (χ0n) is 11.1.